The topological polar surface area (TPSA) is 49.8 Å². The van der Waals surface area contributed by atoms with Gasteiger partial charge in [-0.3, -0.25) is 4.79 Å². The average Bonchev–Trinajstić information content (AvgIpc) is 3.22. The Bertz CT molecular complexity index is 1050. The number of alkyl halides is 6. The minimum Gasteiger partial charge on any atom is -0.383 e. The van der Waals surface area contributed by atoms with Crippen LogP contribution in [0.3, 0.4) is 0 Å². The summed E-state index contributed by atoms with van der Waals surface area (Å²) in [6, 6.07) is 8.38. The van der Waals surface area contributed by atoms with Crippen LogP contribution in [-0.2, 0) is 21.9 Å². The van der Waals surface area contributed by atoms with E-state index in [-0.39, 0.29) is 30.6 Å². The van der Waals surface area contributed by atoms with Gasteiger partial charge in [-0.25, -0.2) is 0 Å². The van der Waals surface area contributed by atoms with Crippen LogP contribution in [0, 0.1) is 6.92 Å². The third-order valence-electron chi connectivity index (χ3n) is 6.63. The average molecular weight is 487 g/mol. The van der Waals surface area contributed by atoms with Crippen LogP contribution in [0.2, 0.25) is 0 Å². The van der Waals surface area contributed by atoms with Crippen molar-refractivity contribution in [3.63, 3.8) is 0 Å². The number of ether oxygens (including phenoxy) is 1. The van der Waals surface area contributed by atoms with Crippen LogP contribution in [0.4, 0.5) is 26.3 Å². The van der Waals surface area contributed by atoms with Crippen molar-refractivity contribution < 1.29 is 41.0 Å². The summed E-state index contributed by atoms with van der Waals surface area (Å²) in [7, 11) is 0. The molecule has 0 aliphatic carbocycles. The number of hydrogen-bond donors (Lipinski definition) is 1. The maximum Gasteiger partial charge on any atom is 0.416 e. The first kappa shape index (κ1) is 24.5. The number of nitrogens with zero attached hydrogens (tertiary/aromatic N) is 1. The van der Waals surface area contributed by atoms with E-state index in [1.165, 1.54) is 11.8 Å². The van der Waals surface area contributed by atoms with E-state index in [9.17, 15) is 36.2 Å². The number of fused-ring (bicyclic) bond motifs is 1. The lowest BCUT2D eigenvalue weighted by atomic mass is 9.85. The van der Waals surface area contributed by atoms with Crippen molar-refractivity contribution in [2.75, 3.05) is 6.54 Å². The Balaban J connectivity index is 1.69. The largest absolute Gasteiger partial charge is 0.416 e. The van der Waals surface area contributed by atoms with Crippen molar-refractivity contribution in [1.82, 2.24) is 4.90 Å². The van der Waals surface area contributed by atoms with E-state index in [1.54, 1.807) is 6.07 Å². The van der Waals surface area contributed by atoms with Gasteiger partial charge in [0.2, 0.25) is 0 Å². The summed E-state index contributed by atoms with van der Waals surface area (Å²) in [6.07, 6.45) is -12.7. The van der Waals surface area contributed by atoms with Crippen molar-refractivity contribution >= 4 is 5.91 Å². The Morgan fingerprint density at radius 1 is 1.03 bits per heavy atom. The van der Waals surface area contributed by atoms with Crippen molar-refractivity contribution in [2.24, 2.45) is 0 Å². The molecule has 2 aliphatic heterocycles. The zero-order chi connectivity index (χ0) is 25.0. The zero-order valence-corrected chi connectivity index (χ0v) is 18.3. The monoisotopic (exact) mass is 487 g/mol. The lowest BCUT2D eigenvalue weighted by Gasteiger charge is -2.28. The molecule has 4 nitrogen and oxygen atoms in total. The molecule has 0 saturated carbocycles. The maximum atomic E-state index is 13.3. The van der Waals surface area contributed by atoms with E-state index in [1.807, 2.05) is 25.1 Å². The lowest BCUT2D eigenvalue weighted by Crippen LogP contribution is -2.32. The summed E-state index contributed by atoms with van der Waals surface area (Å²) in [4.78, 5) is 13.9. The number of aliphatic hydroxyl groups excluding tert-OH is 1. The standard InChI is InChI=1S/C24H23F6NO3/c1-12-5-3-4-6-17(12)21-18-10-19(32)22(33)31(18)11-20(21)34-13(2)14-7-15(23(25,26)27)9-16(8-14)24(28,29)30/h3-9,13,18-21,32H,10-11H2,1-2H3/t13-,18+,19?,20+,21?/m1/s1. The molecule has 2 fully saturated rings. The van der Waals surface area contributed by atoms with Gasteiger partial charge in [0.25, 0.3) is 5.91 Å². The van der Waals surface area contributed by atoms with Crippen LogP contribution in [-0.4, -0.2) is 40.7 Å². The molecule has 1 amide bonds. The molecule has 2 unspecified atom stereocenters. The third kappa shape index (κ3) is 4.53. The van der Waals surface area contributed by atoms with E-state index in [0.29, 0.717) is 12.1 Å². The highest BCUT2D eigenvalue weighted by atomic mass is 19.4. The highest BCUT2D eigenvalue weighted by Gasteiger charge is 2.52. The fourth-order valence-electron chi connectivity index (χ4n) is 4.98. The van der Waals surface area contributed by atoms with Gasteiger partial charge in [-0.2, -0.15) is 26.3 Å². The summed E-state index contributed by atoms with van der Waals surface area (Å²) < 4.78 is 85.8. The van der Waals surface area contributed by atoms with E-state index in [0.717, 1.165) is 11.1 Å². The van der Waals surface area contributed by atoms with Crippen molar-refractivity contribution in [1.29, 1.82) is 0 Å². The van der Waals surface area contributed by atoms with Crippen LogP contribution < -0.4 is 0 Å². The van der Waals surface area contributed by atoms with Crippen LogP contribution in [0.15, 0.2) is 42.5 Å². The van der Waals surface area contributed by atoms with Gasteiger partial charge in [-0.1, -0.05) is 24.3 Å². The quantitative estimate of drug-likeness (QED) is 0.601. The summed E-state index contributed by atoms with van der Waals surface area (Å²) in [5.74, 6) is -0.849. The zero-order valence-electron chi connectivity index (χ0n) is 18.3. The molecule has 0 radical (unpaired) electrons. The minimum absolute atomic E-state index is 0.0784. The minimum atomic E-state index is -4.96. The maximum absolute atomic E-state index is 13.3. The molecule has 2 heterocycles. The van der Waals surface area contributed by atoms with Crippen LogP contribution >= 0.6 is 0 Å². The van der Waals surface area contributed by atoms with Crippen LogP contribution in [0.5, 0.6) is 0 Å². The molecule has 2 aromatic rings. The number of carbonyl (C=O) groups excluding carboxylic acids is 1. The SMILES string of the molecule is Cc1ccccc1C1[C@@H](O[C@H](C)c2cc(C(F)(F)F)cc(C(F)(F)F)c2)CN2C(=O)C(O)C[C@@H]12. The molecule has 184 valence electrons. The number of carbonyl (C=O) groups is 1. The summed E-state index contributed by atoms with van der Waals surface area (Å²) in [5, 5.41) is 10.1. The highest BCUT2D eigenvalue weighted by Crippen LogP contribution is 2.45. The number of rotatable bonds is 4. The second kappa shape index (κ2) is 8.57. The van der Waals surface area contributed by atoms with Gasteiger partial charge >= 0.3 is 12.4 Å². The van der Waals surface area contributed by atoms with E-state index in [2.05, 4.69) is 0 Å². The molecule has 10 heteroatoms. The molecule has 0 bridgehead atoms. The van der Waals surface area contributed by atoms with Crippen LogP contribution in [0.1, 0.15) is 53.2 Å². The summed E-state index contributed by atoms with van der Waals surface area (Å²) >= 11 is 0. The van der Waals surface area contributed by atoms with Gasteiger partial charge in [-0.15, -0.1) is 0 Å². The molecule has 2 saturated heterocycles. The van der Waals surface area contributed by atoms with E-state index < -0.39 is 53.6 Å². The van der Waals surface area contributed by atoms with Crippen LogP contribution in [0.25, 0.3) is 0 Å². The normalized spacial score (nSPS) is 26.1. The van der Waals surface area contributed by atoms with Gasteiger partial charge < -0.3 is 14.7 Å². The predicted octanol–water partition coefficient (Wildman–Crippen LogP) is 5.24. The number of aryl methyl sites for hydroxylation is 1. The van der Waals surface area contributed by atoms with Gasteiger partial charge in [0.15, 0.2) is 0 Å². The Hall–Kier alpha value is -2.59. The molecular weight excluding hydrogens is 464 g/mol. The summed E-state index contributed by atoms with van der Waals surface area (Å²) in [6.45, 7) is 3.34. The number of amides is 1. The van der Waals surface area contributed by atoms with E-state index in [4.69, 9.17) is 4.74 Å². The van der Waals surface area contributed by atoms with Gasteiger partial charge in [0, 0.05) is 24.9 Å². The molecular formula is C24H23F6NO3. The lowest BCUT2D eigenvalue weighted by molar-refractivity contribution is -0.143. The second-order valence-corrected chi connectivity index (χ2v) is 8.85. The third-order valence-corrected chi connectivity index (χ3v) is 6.63. The molecule has 4 rings (SSSR count). The Labute approximate surface area is 192 Å². The number of halogens is 6. The Morgan fingerprint density at radius 2 is 1.62 bits per heavy atom. The fourth-order valence-corrected chi connectivity index (χ4v) is 4.98. The number of benzene rings is 2. The molecule has 2 aliphatic rings. The first-order valence-corrected chi connectivity index (χ1v) is 10.8. The van der Waals surface area contributed by atoms with E-state index >= 15 is 0 Å². The molecule has 0 aromatic heterocycles. The molecule has 34 heavy (non-hydrogen) atoms. The smallest absolute Gasteiger partial charge is 0.383 e. The van der Waals surface area contributed by atoms with Crippen molar-refractivity contribution in [2.45, 2.75) is 62.9 Å². The number of hydrogen-bond acceptors (Lipinski definition) is 3. The van der Waals surface area contributed by atoms with Gasteiger partial charge in [0.05, 0.1) is 23.3 Å². The molecule has 0 spiro atoms. The second-order valence-electron chi connectivity index (χ2n) is 8.85. The van der Waals surface area contributed by atoms with Crippen molar-refractivity contribution in [3.8, 4) is 0 Å². The Morgan fingerprint density at radius 3 is 2.18 bits per heavy atom. The molecule has 2 aromatic carbocycles. The van der Waals surface area contributed by atoms with Gasteiger partial charge in [-0.05, 0) is 48.7 Å². The van der Waals surface area contributed by atoms with Crippen molar-refractivity contribution in [3.05, 3.63) is 70.3 Å². The van der Waals surface area contributed by atoms with Gasteiger partial charge in [0.1, 0.15) is 6.10 Å². The summed E-state index contributed by atoms with van der Waals surface area (Å²) in [5.41, 5.74) is -1.32. The number of aliphatic hydroxyl groups is 1. The first-order valence-electron chi connectivity index (χ1n) is 10.8. The first-order chi connectivity index (χ1) is 15.8. The fraction of sp³-hybridized carbons (Fsp3) is 0.458. The Kier molecular flexibility index (Phi) is 6.18. The molecule has 1 N–H and O–H groups in total. The predicted molar refractivity (Wildman–Crippen MR) is 110 cm³/mol. The molecule has 5 atom stereocenters. The highest BCUT2D eigenvalue weighted by molar-refractivity contribution is 5.84.